The largest absolute Gasteiger partial charge is 0.493 e. The molecule has 0 atom stereocenters. The van der Waals surface area contributed by atoms with E-state index in [0.717, 1.165) is 49.4 Å². The van der Waals surface area contributed by atoms with Gasteiger partial charge in [0.1, 0.15) is 5.75 Å². The Morgan fingerprint density at radius 1 is 1.37 bits per heavy atom. The van der Waals surface area contributed by atoms with E-state index in [1.165, 1.54) is 24.0 Å². The fourth-order valence-corrected chi connectivity index (χ4v) is 3.78. The van der Waals surface area contributed by atoms with Crippen LogP contribution in [0.5, 0.6) is 5.75 Å². The van der Waals surface area contributed by atoms with E-state index in [1.54, 1.807) is 0 Å². The maximum Gasteiger partial charge on any atom is 0.127 e. The lowest BCUT2D eigenvalue weighted by atomic mass is 9.85. The average Bonchev–Trinajstić information content (AvgIpc) is 3.07. The lowest BCUT2D eigenvalue weighted by Crippen LogP contribution is -2.68. The molecular weight excluding hydrogens is 260 g/mol. The SMILES string of the molecule is NC1(C2CC2)CN(Cc2cc(Cl)cc3c2OCC3)C1. The van der Waals surface area contributed by atoms with E-state index >= 15 is 0 Å². The summed E-state index contributed by atoms with van der Waals surface area (Å²) >= 11 is 6.19. The smallest absolute Gasteiger partial charge is 0.127 e. The van der Waals surface area contributed by atoms with Crippen molar-refractivity contribution in [2.24, 2.45) is 11.7 Å². The molecule has 102 valence electrons. The molecule has 2 aliphatic heterocycles. The van der Waals surface area contributed by atoms with Crippen LogP contribution in [0.4, 0.5) is 0 Å². The van der Waals surface area contributed by atoms with E-state index in [9.17, 15) is 0 Å². The number of likely N-dealkylation sites (tertiary alicyclic amines) is 1. The minimum absolute atomic E-state index is 0.0859. The van der Waals surface area contributed by atoms with Crippen molar-refractivity contribution >= 4 is 11.6 Å². The van der Waals surface area contributed by atoms with E-state index in [-0.39, 0.29) is 5.54 Å². The molecule has 0 amide bonds. The molecule has 1 aromatic rings. The van der Waals surface area contributed by atoms with Gasteiger partial charge in [0.05, 0.1) is 6.61 Å². The highest BCUT2D eigenvalue weighted by Gasteiger charge is 2.50. The van der Waals surface area contributed by atoms with E-state index in [0.29, 0.717) is 0 Å². The normalized spacial score (nSPS) is 24.7. The highest BCUT2D eigenvalue weighted by molar-refractivity contribution is 6.30. The van der Waals surface area contributed by atoms with Gasteiger partial charge in [0.15, 0.2) is 0 Å². The first-order valence-corrected chi connectivity index (χ1v) is 7.47. The van der Waals surface area contributed by atoms with Crippen molar-refractivity contribution < 1.29 is 4.74 Å². The standard InChI is InChI=1S/C15H19ClN2O/c16-13-5-10-3-4-19-14(10)11(6-13)7-18-8-15(17,9-18)12-1-2-12/h5-6,12H,1-4,7-9,17H2. The minimum Gasteiger partial charge on any atom is -0.493 e. The van der Waals surface area contributed by atoms with Crippen molar-refractivity contribution in [3.8, 4) is 5.75 Å². The number of nitrogens with two attached hydrogens (primary N) is 1. The zero-order valence-electron chi connectivity index (χ0n) is 11.0. The van der Waals surface area contributed by atoms with Crippen LogP contribution >= 0.6 is 11.6 Å². The first-order chi connectivity index (χ1) is 9.14. The Balaban J connectivity index is 1.49. The highest BCUT2D eigenvalue weighted by atomic mass is 35.5. The zero-order chi connectivity index (χ0) is 13.0. The molecule has 4 heteroatoms. The predicted molar refractivity (Wildman–Crippen MR) is 75.6 cm³/mol. The second-order valence-electron chi connectivity index (χ2n) is 6.30. The molecule has 0 bridgehead atoms. The van der Waals surface area contributed by atoms with Crippen molar-refractivity contribution in [1.82, 2.24) is 4.90 Å². The Morgan fingerprint density at radius 2 is 2.16 bits per heavy atom. The summed E-state index contributed by atoms with van der Waals surface area (Å²) in [6.45, 7) is 3.72. The number of hydrogen-bond acceptors (Lipinski definition) is 3. The summed E-state index contributed by atoms with van der Waals surface area (Å²) in [4.78, 5) is 2.41. The number of rotatable bonds is 3. The van der Waals surface area contributed by atoms with E-state index in [4.69, 9.17) is 22.1 Å². The second-order valence-corrected chi connectivity index (χ2v) is 6.74. The van der Waals surface area contributed by atoms with Gasteiger partial charge in [0.2, 0.25) is 0 Å². The van der Waals surface area contributed by atoms with Crippen LogP contribution in [0.3, 0.4) is 0 Å². The van der Waals surface area contributed by atoms with Crippen molar-refractivity contribution in [2.45, 2.75) is 31.3 Å². The molecule has 2 heterocycles. The van der Waals surface area contributed by atoms with Gasteiger partial charge < -0.3 is 10.5 Å². The molecule has 0 radical (unpaired) electrons. The van der Waals surface area contributed by atoms with E-state index < -0.39 is 0 Å². The van der Waals surface area contributed by atoms with Gasteiger partial charge in [-0.15, -0.1) is 0 Å². The fourth-order valence-electron chi connectivity index (χ4n) is 3.52. The number of benzene rings is 1. The van der Waals surface area contributed by atoms with Gasteiger partial charge in [0, 0.05) is 42.2 Å². The van der Waals surface area contributed by atoms with Gasteiger partial charge >= 0.3 is 0 Å². The third kappa shape index (κ3) is 2.04. The lowest BCUT2D eigenvalue weighted by molar-refractivity contribution is 0.0471. The molecule has 2 fully saturated rings. The second kappa shape index (κ2) is 4.11. The summed E-state index contributed by atoms with van der Waals surface area (Å²) in [5.74, 6) is 1.83. The van der Waals surface area contributed by atoms with Crippen LogP contribution in [-0.4, -0.2) is 30.1 Å². The molecular formula is C15H19ClN2O. The van der Waals surface area contributed by atoms with Gasteiger partial charge in [-0.2, -0.15) is 0 Å². The zero-order valence-corrected chi connectivity index (χ0v) is 11.7. The van der Waals surface area contributed by atoms with Gasteiger partial charge in [0.25, 0.3) is 0 Å². The molecule has 3 aliphatic rings. The van der Waals surface area contributed by atoms with Crippen LogP contribution in [0.25, 0.3) is 0 Å². The Kier molecular flexibility index (Phi) is 2.60. The summed E-state index contributed by atoms with van der Waals surface area (Å²) < 4.78 is 5.75. The molecule has 0 unspecified atom stereocenters. The lowest BCUT2D eigenvalue weighted by Gasteiger charge is -2.48. The number of nitrogens with zero attached hydrogens (tertiary/aromatic N) is 1. The third-order valence-corrected chi connectivity index (χ3v) is 4.86. The third-order valence-electron chi connectivity index (χ3n) is 4.65. The summed E-state index contributed by atoms with van der Waals surface area (Å²) in [6.07, 6.45) is 3.62. The predicted octanol–water partition coefficient (Wildman–Crippen LogP) is 2.20. The Labute approximate surface area is 118 Å². The topological polar surface area (TPSA) is 38.5 Å². The van der Waals surface area contributed by atoms with Crippen LogP contribution in [0.2, 0.25) is 5.02 Å². The summed E-state index contributed by atoms with van der Waals surface area (Å²) in [6, 6.07) is 4.07. The van der Waals surface area contributed by atoms with E-state index in [2.05, 4.69) is 4.90 Å². The van der Waals surface area contributed by atoms with Crippen molar-refractivity contribution in [1.29, 1.82) is 0 Å². The average molecular weight is 279 g/mol. The fraction of sp³-hybridized carbons (Fsp3) is 0.600. The molecule has 2 N–H and O–H groups in total. The molecule has 1 aliphatic carbocycles. The summed E-state index contributed by atoms with van der Waals surface area (Å²) in [5, 5.41) is 0.820. The molecule has 4 rings (SSSR count). The van der Waals surface area contributed by atoms with Crippen molar-refractivity contribution in [3.63, 3.8) is 0 Å². The Hall–Kier alpha value is -0.770. The molecule has 1 aromatic carbocycles. The maximum atomic E-state index is 6.40. The monoisotopic (exact) mass is 278 g/mol. The number of hydrogen-bond donors (Lipinski definition) is 1. The molecule has 19 heavy (non-hydrogen) atoms. The van der Waals surface area contributed by atoms with E-state index in [1.807, 2.05) is 12.1 Å². The first-order valence-electron chi connectivity index (χ1n) is 7.09. The minimum atomic E-state index is 0.0859. The molecule has 0 spiro atoms. The first kappa shape index (κ1) is 12.0. The molecule has 3 nitrogen and oxygen atoms in total. The van der Waals surface area contributed by atoms with Gasteiger partial charge in [-0.05, 0) is 36.5 Å². The van der Waals surface area contributed by atoms with Crippen LogP contribution in [0.1, 0.15) is 24.0 Å². The van der Waals surface area contributed by atoms with Crippen LogP contribution in [0.15, 0.2) is 12.1 Å². The molecule has 1 saturated carbocycles. The number of fused-ring (bicyclic) bond motifs is 1. The van der Waals surface area contributed by atoms with Crippen LogP contribution < -0.4 is 10.5 Å². The Bertz CT molecular complexity index is 521. The maximum absolute atomic E-state index is 6.40. The summed E-state index contributed by atoms with van der Waals surface area (Å²) in [7, 11) is 0. The van der Waals surface area contributed by atoms with Crippen molar-refractivity contribution in [3.05, 3.63) is 28.3 Å². The van der Waals surface area contributed by atoms with Gasteiger partial charge in [-0.1, -0.05) is 11.6 Å². The van der Waals surface area contributed by atoms with Gasteiger partial charge in [-0.3, -0.25) is 4.90 Å². The van der Waals surface area contributed by atoms with Crippen molar-refractivity contribution in [2.75, 3.05) is 19.7 Å². The number of halogens is 1. The van der Waals surface area contributed by atoms with Crippen LogP contribution in [-0.2, 0) is 13.0 Å². The highest BCUT2D eigenvalue weighted by Crippen LogP contribution is 2.44. The van der Waals surface area contributed by atoms with Crippen LogP contribution in [0, 0.1) is 5.92 Å². The summed E-state index contributed by atoms with van der Waals surface area (Å²) in [5.41, 5.74) is 8.96. The Morgan fingerprint density at radius 3 is 2.89 bits per heavy atom. The quantitative estimate of drug-likeness (QED) is 0.921. The number of ether oxygens (including phenoxy) is 1. The molecule has 1 saturated heterocycles. The van der Waals surface area contributed by atoms with Gasteiger partial charge in [-0.25, -0.2) is 0 Å². The molecule has 0 aromatic heterocycles.